The Labute approximate surface area is 185 Å². The summed E-state index contributed by atoms with van der Waals surface area (Å²) >= 11 is 0. The highest BCUT2D eigenvalue weighted by Crippen LogP contribution is 2.23. The molecule has 0 saturated carbocycles. The van der Waals surface area contributed by atoms with Crippen molar-refractivity contribution in [1.29, 1.82) is 0 Å². The molecule has 1 atom stereocenters. The zero-order chi connectivity index (χ0) is 19.1. The minimum Gasteiger partial charge on any atom is -0.496 e. The molecule has 0 aromatic heterocycles. The van der Waals surface area contributed by atoms with Gasteiger partial charge < -0.3 is 20.3 Å². The summed E-state index contributed by atoms with van der Waals surface area (Å²) < 4.78 is 5.48. The van der Waals surface area contributed by atoms with Crippen molar-refractivity contribution in [3.63, 3.8) is 0 Å². The molecule has 3 rings (SSSR count). The summed E-state index contributed by atoms with van der Waals surface area (Å²) in [5.74, 6) is 2.36. The van der Waals surface area contributed by atoms with E-state index in [1.54, 1.807) is 7.11 Å². The lowest BCUT2D eigenvalue weighted by molar-refractivity contribution is 0.408. The van der Waals surface area contributed by atoms with E-state index in [1.165, 1.54) is 17.7 Å². The fourth-order valence-corrected chi connectivity index (χ4v) is 3.51. The number of hydrogen-bond donors (Lipinski definition) is 2. The first-order valence-electron chi connectivity index (χ1n) is 9.57. The Hall–Kier alpha value is -1.96. The lowest BCUT2D eigenvalue weighted by Gasteiger charge is -2.19. The van der Waals surface area contributed by atoms with Crippen LogP contribution in [-0.2, 0) is 6.54 Å². The molecule has 152 valence electrons. The number of anilines is 1. The predicted octanol–water partition coefficient (Wildman–Crippen LogP) is 3.81. The van der Waals surface area contributed by atoms with E-state index in [9.17, 15) is 0 Å². The van der Waals surface area contributed by atoms with Gasteiger partial charge in [-0.2, -0.15) is 0 Å². The second-order valence-corrected chi connectivity index (χ2v) is 7.06. The van der Waals surface area contributed by atoms with Crippen molar-refractivity contribution in [1.82, 2.24) is 10.6 Å². The van der Waals surface area contributed by atoms with Gasteiger partial charge in [-0.1, -0.05) is 30.3 Å². The highest BCUT2D eigenvalue weighted by atomic mass is 127. The molecular weight excluding hydrogens is 463 g/mol. The van der Waals surface area contributed by atoms with E-state index in [0.717, 1.165) is 36.9 Å². The number of benzene rings is 2. The predicted molar refractivity (Wildman–Crippen MR) is 128 cm³/mol. The van der Waals surface area contributed by atoms with Crippen molar-refractivity contribution >= 4 is 35.6 Å². The van der Waals surface area contributed by atoms with E-state index in [4.69, 9.17) is 4.74 Å². The number of ether oxygens (including phenoxy) is 1. The molecule has 6 heteroatoms. The number of nitrogens with zero attached hydrogens (tertiary/aromatic N) is 2. The van der Waals surface area contributed by atoms with Gasteiger partial charge in [0.2, 0.25) is 0 Å². The molecule has 0 bridgehead atoms. The normalized spacial score (nSPS) is 16.5. The Kier molecular flexibility index (Phi) is 8.89. The van der Waals surface area contributed by atoms with Gasteiger partial charge in [-0.25, -0.2) is 0 Å². The van der Waals surface area contributed by atoms with E-state index < -0.39 is 0 Å². The second kappa shape index (κ2) is 11.1. The van der Waals surface area contributed by atoms with Crippen LogP contribution in [0.2, 0.25) is 0 Å². The number of guanidine groups is 1. The smallest absolute Gasteiger partial charge is 0.191 e. The Morgan fingerprint density at radius 2 is 1.96 bits per heavy atom. The molecule has 2 aromatic rings. The molecule has 28 heavy (non-hydrogen) atoms. The van der Waals surface area contributed by atoms with E-state index in [-0.39, 0.29) is 24.0 Å². The molecular formula is C22H31IN4O. The summed E-state index contributed by atoms with van der Waals surface area (Å²) in [4.78, 5) is 6.81. The van der Waals surface area contributed by atoms with Crippen LogP contribution in [0.4, 0.5) is 5.69 Å². The van der Waals surface area contributed by atoms with Crippen molar-refractivity contribution in [2.45, 2.75) is 19.9 Å². The van der Waals surface area contributed by atoms with Crippen LogP contribution in [0.15, 0.2) is 53.5 Å². The lowest BCUT2D eigenvalue weighted by Crippen LogP contribution is -2.40. The molecule has 0 aliphatic carbocycles. The third-order valence-electron chi connectivity index (χ3n) is 5.08. The van der Waals surface area contributed by atoms with Crippen molar-refractivity contribution < 1.29 is 4.74 Å². The molecule has 1 saturated heterocycles. The van der Waals surface area contributed by atoms with Gasteiger partial charge in [0, 0.05) is 44.5 Å². The number of halogens is 1. The van der Waals surface area contributed by atoms with Gasteiger partial charge in [0.05, 0.1) is 7.11 Å². The number of hydrogen-bond acceptors (Lipinski definition) is 3. The van der Waals surface area contributed by atoms with Gasteiger partial charge in [-0.15, -0.1) is 24.0 Å². The molecule has 1 fully saturated rings. The fraction of sp³-hybridized carbons (Fsp3) is 0.409. The number of aliphatic imine (C=N–C) groups is 1. The maximum atomic E-state index is 5.48. The molecule has 2 aromatic carbocycles. The zero-order valence-corrected chi connectivity index (χ0v) is 19.3. The zero-order valence-electron chi connectivity index (χ0n) is 16.9. The van der Waals surface area contributed by atoms with Crippen molar-refractivity contribution in [3.8, 4) is 5.75 Å². The van der Waals surface area contributed by atoms with Crippen LogP contribution in [0.1, 0.15) is 17.5 Å². The van der Waals surface area contributed by atoms with Crippen LogP contribution in [0.5, 0.6) is 5.75 Å². The van der Waals surface area contributed by atoms with Gasteiger partial charge in [-0.05, 0) is 43.0 Å². The Morgan fingerprint density at radius 3 is 2.68 bits per heavy atom. The van der Waals surface area contributed by atoms with Crippen LogP contribution in [0, 0.1) is 12.8 Å². The maximum Gasteiger partial charge on any atom is 0.191 e. The number of para-hydroxylation sites is 1. The van der Waals surface area contributed by atoms with Crippen molar-refractivity contribution in [3.05, 3.63) is 59.7 Å². The topological polar surface area (TPSA) is 48.9 Å². The van der Waals surface area contributed by atoms with Gasteiger partial charge >= 0.3 is 0 Å². The second-order valence-electron chi connectivity index (χ2n) is 7.06. The van der Waals surface area contributed by atoms with E-state index in [0.29, 0.717) is 12.5 Å². The van der Waals surface area contributed by atoms with Crippen LogP contribution in [0.3, 0.4) is 0 Å². The number of methoxy groups -OCH3 is 1. The molecule has 1 unspecified atom stereocenters. The third-order valence-corrected chi connectivity index (χ3v) is 5.08. The average Bonchev–Trinajstić information content (AvgIpc) is 3.18. The third kappa shape index (κ3) is 6.02. The largest absolute Gasteiger partial charge is 0.496 e. The molecule has 0 spiro atoms. The van der Waals surface area contributed by atoms with Crippen LogP contribution >= 0.6 is 24.0 Å². The SMILES string of the molecule is CN=C(NCc1ccc(C)cc1OC)NCC1CCN(c2ccccc2)C1.I. The molecule has 1 aliphatic heterocycles. The number of aryl methyl sites for hydroxylation is 1. The number of nitrogens with one attached hydrogen (secondary N) is 2. The first-order valence-corrected chi connectivity index (χ1v) is 9.57. The fourth-order valence-electron chi connectivity index (χ4n) is 3.51. The van der Waals surface area contributed by atoms with Crippen molar-refractivity contribution in [2.75, 3.05) is 38.7 Å². The molecule has 0 amide bonds. The molecule has 5 nitrogen and oxygen atoms in total. The van der Waals surface area contributed by atoms with Crippen LogP contribution in [0.25, 0.3) is 0 Å². The lowest BCUT2D eigenvalue weighted by atomic mass is 10.1. The maximum absolute atomic E-state index is 5.48. The summed E-state index contributed by atoms with van der Waals surface area (Å²) in [5, 5.41) is 6.87. The molecule has 0 radical (unpaired) electrons. The van der Waals surface area contributed by atoms with Crippen molar-refractivity contribution in [2.24, 2.45) is 10.9 Å². The highest BCUT2D eigenvalue weighted by Gasteiger charge is 2.22. The first kappa shape index (κ1) is 22.3. The average molecular weight is 494 g/mol. The molecule has 1 aliphatic rings. The summed E-state index contributed by atoms with van der Waals surface area (Å²) in [6.07, 6.45) is 1.20. The summed E-state index contributed by atoms with van der Waals surface area (Å²) in [6.45, 7) is 5.88. The van der Waals surface area contributed by atoms with E-state index >= 15 is 0 Å². The quantitative estimate of drug-likeness (QED) is 0.365. The number of rotatable bonds is 6. The van der Waals surface area contributed by atoms with E-state index in [1.807, 2.05) is 7.05 Å². The minimum atomic E-state index is 0. The molecule has 1 heterocycles. The van der Waals surface area contributed by atoms with Crippen LogP contribution in [-0.4, -0.2) is 39.8 Å². The van der Waals surface area contributed by atoms with Gasteiger partial charge in [0.25, 0.3) is 0 Å². The Balaban J connectivity index is 0.00000280. The summed E-state index contributed by atoms with van der Waals surface area (Å²) in [5.41, 5.74) is 3.64. The Morgan fingerprint density at radius 1 is 1.18 bits per heavy atom. The summed E-state index contributed by atoms with van der Waals surface area (Å²) in [7, 11) is 3.52. The van der Waals surface area contributed by atoms with E-state index in [2.05, 4.69) is 76.0 Å². The van der Waals surface area contributed by atoms with Gasteiger partial charge in [0.1, 0.15) is 5.75 Å². The van der Waals surface area contributed by atoms with Gasteiger partial charge in [-0.3, -0.25) is 4.99 Å². The minimum absolute atomic E-state index is 0. The standard InChI is InChI=1S/C22H30N4O.HI/c1-17-9-10-19(21(13-17)27-3)15-25-22(23-2)24-14-18-11-12-26(16-18)20-7-5-4-6-8-20;/h4-10,13,18H,11-12,14-16H2,1-3H3,(H2,23,24,25);1H. The molecule has 2 N–H and O–H groups in total. The Bertz CT molecular complexity index is 766. The van der Waals surface area contributed by atoms with Gasteiger partial charge in [0.15, 0.2) is 5.96 Å². The first-order chi connectivity index (χ1) is 13.2. The van der Waals surface area contributed by atoms with Crippen LogP contribution < -0.4 is 20.3 Å². The summed E-state index contributed by atoms with van der Waals surface area (Å²) in [6, 6.07) is 16.9. The highest BCUT2D eigenvalue weighted by molar-refractivity contribution is 14.0. The monoisotopic (exact) mass is 494 g/mol.